The number of rotatable bonds is 7. The number of carbonyl (C=O) groups is 1. The summed E-state index contributed by atoms with van der Waals surface area (Å²) in [6, 6.07) is 8.60. The highest BCUT2D eigenvalue weighted by Gasteiger charge is 2.38. The molecule has 1 aliphatic heterocycles. The number of nitrogens with zero attached hydrogens (tertiary/aromatic N) is 3. The summed E-state index contributed by atoms with van der Waals surface area (Å²) < 4.78 is 13.3. The van der Waals surface area contributed by atoms with Gasteiger partial charge < -0.3 is 5.32 Å². The van der Waals surface area contributed by atoms with Crippen LogP contribution in [0.5, 0.6) is 0 Å². The smallest absolute Gasteiger partial charge is 0.237 e. The maximum atomic E-state index is 13.3. The number of thioether (sulfide) groups is 1. The van der Waals surface area contributed by atoms with E-state index in [2.05, 4.69) is 34.0 Å². The minimum Gasteiger partial charge on any atom is -0.354 e. The molecule has 1 aromatic carbocycles. The van der Waals surface area contributed by atoms with Gasteiger partial charge in [0.15, 0.2) is 5.16 Å². The van der Waals surface area contributed by atoms with Crippen LogP contribution in [0.25, 0.3) is 0 Å². The molecule has 1 aromatic heterocycles. The monoisotopic (exact) mass is 416 g/mol. The van der Waals surface area contributed by atoms with Crippen LogP contribution in [0.1, 0.15) is 37.2 Å². The average Bonchev–Trinajstić information content (AvgIpc) is 3.05. The molecule has 29 heavy (non-hydrogen) atoms. The number of amides is 1. The molecule has 2 heterocycles. The van der Waals surface area contributed by atoms with Crippen LogP contribution in [0.4, 0.5) is 4.39 Å². The Morgan fingerprint density at radius 3 is 2.66 bits per heavy atom. The summed E-state index contributed by atoms with van der Waals surface area (Å²) in [4.78, 5) is 24.2. The zero-order valence-electron chi connectivity index (χ0n) is 17.5. The number of carbonyl (C=O) groups excluding carboxylic acids is 1. The van der Waals surface area contributed by atoms with Crippen molar-refractivity contribution >= 4 is 17.7 Å². The molecule has 2 atom stereocenters. The lowest BCUT2D eigenvalue weighted by atomic mass is 10.1. The molecule has 156 valence electrons. The van der Waals surface area contributed by atoms with Crippen LogP contribution in [0.15, 0.2) is 35.5 Å². The Morgan fingerprint density at radius 2 is 2.00 bits per heavy atom. The molecule has 0 spiro atoms. The fourth-order valence-electron chi connectivity index (χ4n) is 3.77. The molecular weight excluding hydrogens is 387 g/mol. The van der Waals surface area contributed by atoms with Crippen LogP contribution in [0.3, 0.4) is 0 Å². The van der Waals surface area contributed by atoms with Crippen LogP contribution in [0, 0.1) is 19.7 Å². The van der Waals surface area contributed by atoms with Crippen LogP contribution in [0.2, 0.25) is 0 Å². The molecule has 0 saturated carbocycles. The standard InChI is InChI=1S/C22H29FN4OS/c1-14(2)27-13-19(29-22-25-15(3)10-16(4)26-22)12-20(27)21(28)24-9-8-17-6-5-7-18(23)11-17/h5-7,10-11,14,19-20H,8-9,12-13H2,1-4H3,(H,24,28)/t19-,20-/m0/s1. The maximum absolute atomic E-state index is 13.3. The van der Waals surface area contributed by atoms with E-state index >= 15 is 0 Å². The number of aryl methyl sites for hydroxylation is 2. The fourth-order valence-corrected chi connectivity index (χ4v) is 4.99. The van der Waals surface area contributed by atoms with E-state index in [4.69, 9.17) is 0 Å². The SMILES string of the molecule is Cc1cc(C)nc(S[C@H]2C[C@@H](C(=O)NCCc3cccc(F)c3)N(C(C)C)C2)n1. The molecule has 1 amide bonds. The zero-order chi connectivity index (χ0) is 21.0. The van der Waals surface area contributed by atoms with Gasteiger partial charge in [-0.3, -0.25) is 9.69 Å². The van der Waals surface area contributed by atoms with Crippen LogP contribution >= 0.6 is 11.8 Å². The van der Waals surface area contributed by atoms with E-state index in [0.29, 0.717) is 13.0 Å². The summed E-state index contributed by atoms with van der Waals surface area (Å²) in [6.07, 6.45) is 1.39. The van der Waals surface area contributed by atoms with Crippen LogP contribution < -0.4 is 5.32 Å². The molecule has 0 bridgehead atoms. The maximum Gasteiger partial charge on any atom is 0.237 e. The lowest BCUT2D eigenvalue weighted by molar-refractivity contribution is -0.125. The van der Waals surface area contributed by atoms with Crippen molar-refractivity contribution in [1.82, 2.24) is 20.2 Å². The molecule has 1 saturated heterocycles. The van der Waals surface area contributed by atoms with Gasteiger partial charge in [0.1, 0.15) is 5.82 Å². The van der Waals surface area contributed by atoms with Crippen LogP contribution in [-0.2, 0) is 11.2 Å². The first-order valence-corrected chi connectivity index (χ1v) is 11.0. The van der Waals surface area contributed by atoms with Crippen molar-refractivity contribution in [1.29, 1.82) is 0 Å². The minimum atomic E-state index is -0.246. The van der Waals surface area contributed by atoms with Crippen molar-refractivity contribution in [2.45, 2.75) is 63.0 Å². The number of benzene rings is 1. The number of nitrogens with one attached hydrogen (secondary N) is 1. The van der Waals surface area contributed by atoms with Crippen molar-refractivity contribution < 1.29 is 9.18 Å². The Bertz CT molecular complexity index is 840. The predicted molar refractivity (Wildman–Crippen MR) is 115 cm³/mol. The quantitative estimate of drug-likeness (QED) is 0.700. The molecule has 1 fully saturated rings. The molecular formula is C22H29FN4OS. The first-order chi connectivity index (χ1) is 13.8. The second kappa shape index (κ2) is 9.67. The molecule has 1 N–H and O–H groups in total. The Morgan fingerprint density at radius 1 is 1.28 bits per heavy atom. The minimum absolute atomic E-state index is 0.0412. The van der Waals surface area contributed by atoms with E-state index in [-0.39, 0.29) is 29.1 Å². The molecule has 3 rings (SSSR count). The second-order valence-corrected chi connectivity index (χ2v) is 9.15. The summed E-state index contributed by atoms with van der Waals surface area (Å²) >= 11 is 1.66. The highest BCUT2D eigenvalue weighted by Crippen LogP contribution is 2.32. The van der Waals surface area contributed by atoms with Gasteiger partial charge in [0.05, 0.1) is 6.04 Å². The summed E-state index contributed by atoms with van der Waals surface area (Å²) in [5.41, 5.74) is 2.81. The number of halogens is 1. The zero-order valence-corrected chi connectivity index (χ0v) is 18.3. The van der Waals surface area contributed by atoms with Crippen molar-refractivity contribution in [2.75, 3.05) is 13.1 Å². The molecule has 0 unspecified atom stereocenters. The van der Waals surface area contributed by atoms with Gasteiger partial charge in [-0.1, -0.05) is 23.9 Å². The van der Waals surface area contributed by atoms with Gasteiger partial charge in [-0.2, -0.15) is 0 Å². The van der Waals surface area contributed by atoms with Crippen molar-refractivity contribution in [2.24, 2.45) is 0 Å². The predicted octanol–water partition coefficient (Wildman–Crippen LogP) is 3.53. The topological polar surface area (TPSA) is 58.1 Å². The van der Waals surface area contributed by atoms with E-state index in [9.17, 15) is 9.18 Å². The van der Waals surface area contributed by atoms with Gasteiger partial charge in [0.25, 0.3) is 0 Å². The number of likely N-dealkylation sites (tertiary alicyclic amines) is 1. The van der Waals surface area contributed by atoms with E-state index in [1.807, 2.05) is 26.0 Å². The Hall–Kier alpha value is -1.99. The average molecular weight is 417 g/mol. The van der Waals surface area contributed by atoms with Crippen molar-refractivity contribution in [3.63, 3.8) is 0 Å². The largest absolute Gasteiger partial charge is 0.354 e. The summed E-state index contributed by atoms with van der Waals surface area (Å²) in [7, 11) is 0. The highest BCUT2D eigenvalue weighted by atomic mass is 32.2. The normalized spacial score (nSPS) is 19.7. The number of aromatic nitrogens is 2. The van der Waals surface area contributed by atoms with Gasteiger partial charge in [0.2, 0.25) is 5.91 Å². The highest BCUT2D eigenvalue weighted by molar-refractivity contribution is 7.99. The van der Waals surface area contributed by atoms with Gasteiger partial charge in [-0.25, -0.2) is 14.4 Å². The van der Waals surface area contributed by atoms with Gasteiger partial charge in [0, 0.05) is 35.8 Å². The number of hydrogen-bond donors (Lipinski definition) is 1. The van der Waals surface area contributed by atoms with Crippen LogP contribution in [-0.4, -0.2) is 51.2 Å². The van der Waals surface area contributed by atoms with Crippen molar-refractivity contribution in [3.05, 3.63) is 53.1 Å². The third-order valence-electron chi connectivity index (χ3n) is 5.10. The lowest BCUT2D eigenvalue weighted by Crippen LogP contribution is -2.46. The molecule has 0 aliphatic carbocycles. The number of hydrogen-bond acceptors (Lipinski definition) is 5. The third kappa shape index (κ3) is 6.00. The molecule has 2 aromatic rings. The Balaban J connectivity index is 1.58. The fraction of sp³-hybridized carbons (Fsp3) is 0.500. The third-order valence-corrected chi connectivity index (χ3v) is 6.17. The van der Waals surface area contributed by atoms with Gasteiger partial charge in [-0.15, -0.1) is 0 Å². The van der Waals surface area contributed by atoms with E-state index in [1.165, 1.54) is 12.1 Å². The Labute approximate surface area is 176 Å². The molecule has 5 nitrogen and oxygen atoms in total. The van der Waals surface area contributed by atoms with Crippen molar-refractivity contribution in [3.8, 4) is 0 Å². The van der Waals surface area contributed by atoms with Gasteiger partial charge >= 0.3 is 0 Å². The summed E-state index contributed by atoms with van der Waals surface area (Å²) in [6.45, 7) is 9.52. The summed E-state index contributed by atoms with van der Waals surface area (Å²) in [5.74, 6) is -0.205. The Kier molecular flexibility index (Phi) is 7.24. The first-order valence-electron chi connectivity index (χ1n) is 10.1. The molecule has 1 aliphatic rings. The first kappa shape index (κ1) is 21.7. The van der Waals surface area contributed by atoms with E-state index in [0.717, 1.165) is 35.1 Å². The van der Waals surface area contributed by atoms with Gasteiger partial charge in [-0.05, 0) is 64.3 Å². The summed E-state index contributed by atoms with van der Waals surface area (Å²) in [5, 5.41) is 4.09. The molecule has 7 heteroatoms. The molecule has 0 radical (unpaired) electrons. The van der Waals surface area contributed by atoms with E-state index < -0.39 is 0 Å². The lowest BCUT2D eigenvalue weighted by Gasteiger charge is -2.27. The van der Waals surface area contributed by atoms with E-state index in [1.54, 1.807) is 17.8 Å². The second-order valence-electron chi connectivity index (χ2n) is 7.89.